The van der Waals surface area contributed by atoms with Crippen molar-refractivity contribution in [3.8, 4) is 5.75 Å². The van der Waals surface area contributed by atoms with Gasteiger partial charge in [0.15, 0.2) is 11.6 Å². The Balaban J connectivity index is 2.24. The minimum Gasteiger partial charge on any atom is -0.490 e. The number of methoxy groups -OCH3 is 1. The number of anilines is 2. The third-order valence-electron chi connectivity index (χ3n) is 2.90. The minimum atomic E-state index is 0.134. The van der Waals surface area contributed by atoms with Crippen LogP contribution in [0.1, 0.15) is 18.5 Å². The molecule has 1 unspecified atom stereocenters. The molecule has 0 fully saturated rings. The summed E-state index contributed by atoms with van der Waals surface area (Å²) in [5, 5.41) is 6.32. The molecule has 0 aliphatic rings. The molecule has 0 bridgehead atoms. The second-order valence-electron chi connectivity index (χ2n) is 4.13. The van der Waals surface area contributed by atoms with Gasteiger partial charge < -0.3 is 15.4 Å². The van der Waals surface area contributed by atoms with E-state index < -0.39 is 0 Å². The molecular formula is C14H18N4O. The normalized spacial score (nSPS) is 11.7. The van der Waals surface area contributed by atoms with Crippen molar-refractivity contribution in [1.29, 1.82) is 0 Å². The topological polar surface area (TPSA) is 59.1 Å². The number of ether oxygens (including phenoxy) is 1. The highest BCUT2D eigenvalue weighted by molar-refractivity contribution is 5.63. The van der Waals surface area contributed by atoms with Crippen LogP contribution in [0.25, 0.3) is 0 Å². The standard InChI is InChI=1S/C14H18N4O/c1-10(11-7-5-4-6-8-11)18-14-12(19-3)13(15-2)16-9-17-14/h4-10H,1-3H3,(H2,15,16,17,18). The molecule has 0 aliphatic heterocycles. The molecule has 0 radical (unpaired) electrons. The summed E-state index contributed by atoms with van der Waals surface area (Å²) < 4.78 is 5.35. The Morgan fingerprint density at radius 3 is 2.42 bits per heavy atom. The van der Waals surface area contributed by atoms with Crippen LogP contribution >= 0.6 is 0 Å². The van der Waals surface area contributed by atoms with Gasteiger partial charge in [0.05, 0.1) is 13.2 Å². The Hall–Kier alpha value is -2.30. The average molecular weight is 258 g/mol. The van der Waals surface area contributed by atoms with E-state index in [4.69, 9.17) is 4.74 Å². The van der Waals surface area contributed by atoms with Crippen molar-refractivity contribution in [2.24, 2.45) is 0 Å². The third kappa shape index (κ3) is 2.93. The molecule has 2 rings (SSSR count). The lowest BCUT2D eigenvalue weighted by molar-refractivity contribution is 0.414. The lowest BCUT2D eigenvalue weighted by Crippen LogP contribution is -2.10. The molecule has 2 aromatic rings. The van der Waals surface area contributed by atoms with Crippen LogP contribution in [0.2, 0.25) is 0 Å². The maximum atomic E-state index is 5.35. The van der Waals surface area contributed by atoms with Crippen LogP contribution in [0.3, 0.4) is 0 Å². The second-order valence-corrected chi connectivity index (χ2v) is 4.13. The van der Waals surface area contributed by atoms with Crippen molar-refractivity contribution >= 4 is 11.6 Å². The van der Waals surface area contributed by atoms with Crippen LogP contribution in [0.4, 0.5) is 11.6 Å². The first kappa shape index (κ1) is 13.1. The molecule has 1 aromatic carbocycles. The highest BCUT2D eigenvalue weighted by Crippen LogP contribution is 2.30. The maximum absolute atomic E-state index is 5.35. The molecule has 0 saturated carbocycles. The van der Waals surface area contributed by atoms with E-state index in [1.165, 1.54) is 11.9 Å². The summed E-state index contributed by atoms with van der Waals surface area (Å²) >= 11 is 0. The number of nitrogens with zero attached hydrogens (tertiary/aromatic N) is 2. The van der Waals surface area contributed by atoms with Crippen molar-refractivity contribution in [2.75, 3.05) is 24.8 Å². The first-order valence-corrected chi connectivity index (χ1v) is 6.14. The van der Waals surface area contributed by atoms with Crippen LogP contribution in [0, 0.1) is 0 Å². The summed E-state index contributed by atoms with van der Waals surface area (Å²) in [7, 11) is 3.41. The number of aromatic nitrogens is 2. The van der Waals surface area contributed by atoms with Gasteiger partial charge >= 0.3 is 0 Å². The zero-order chi connectivity index (χ0) is 13.7. The Kier molecular flexibility index (Phi) is 4.18. The molecule has 2 N–H and O–H groups in total. The van der Waals surface area contributed by atoms with Crippen molar-refractivity contribution in [1.82, 2.24) is 9.97 Å². The van der Waals surface area contributed by atoms with Crippen LogP contribution in [-0.4, -0.2) is 24.1 Å². The maximum Gasteiger partial charge on any atom is 0.204 e. The molecule has 0 spiro atoms. The molecular weight excluding hydrogens is 240 g/mol. The number of rotatable bonds is 5. The average Bonchev–Trinajstić information content (AvgIpc) is 2.47. The van der Waals surface area contributed by atoms with Crippen LogP contribution in [-0.2, 0) is 0 Å². The number of nitrogens with one attached hydrogen (secondary N) is 2. The monoisotopic (exact) mass is 258 g/mol. The highest BCUT2D eigenvalue weighted by atomic mass is 16.5. The first-order chi connectivity index (χ1) is 9.26. The van der Waals surface area contributed by atoms with Crippen molar-refractivity contribution in [3.05, 3.63) is 42.2 Å². The summed E-state index contributed by atoms with van der Waals surface area (Å²) in [6, 6.07) is 10.3. The van der Waals surface area contributed by atoms with Crippen LogP contribution in [0.15, 0.2) is 36.7 Å². The predicted molar refractivity (Wildman–Crippen MR) is 76.6 cm³/mol. The number of hydrogen-bond donors (Lipinski definition) is 2. The van der Waals surface area contributed by atoms with E-state index in [1.54, 1.807) is 14.2 Å². The zero-order valence-electron chi connectivity index (χ0n) is 11.3. The molecule has 100 valence electrons. The molecule has 1 aromatic heterocycles. The second kappa shape index (κ2) is 6.04. The smallest absolute Gasteiger partial charge is 0.204 e. The van der Waals surface area contributed by atoms with Crippen molar-refractivity contribution in [3.63, 3.8) is 0 Å². The predicted octanol–water partition coefficient (Wildman–Crippen LogP) is 2.70. The van der Waals surface area contributed by atoms with E-state index in [1.807, 2.05) is 18.2 Å². The number of hydrogen-bond acceptors (Lipinski definition) is 5. The van der Waals surface area contributed by atoms with E-state index >= 15 is 0 Å². The fourth-order valence-corrected chi connectivity index (χ4v) is 1.88. The Bertz CT molecular complexity index is 530. The summed E-state index contributed by atoms with van der Waals surface area (Å²) in [6.45, 7) is 2.08. The molecule has 0 aliphatic carbocycles. The van der Waals surface area contributed by atoms with E-state index in [-0.39, 0.29) is 6.04 Å². The Labute approximate surface area is 113 Å². The van der Waals surface area contributed by atoms with Gasteiger partial charge in [0, 0.05) is 7.05 Å². The SMILES string of the molecule is CNc1ncnc(NC(C)c2ccccc2)c1OC. The van der Waals surface area contributed by atoms with Gasteiger partial charge in [-0.3, -0.25) is 0 Å². The molecule has 5 nitrogen and oxygen atoms in total. The van der Waals surface area contributed by atoms with Crippen molar-refractivity contribution < 1.29 is 4.74 Å². The lowest BCUT2D eigenvalue weighted by Gasteiger charge is -2.17. The van der Waals surface area contributed by atoms with Gasteiger partial charge in [0.2, 0.25) is 5.75 Å². The van der Waals surface area contributed by atoms with Crippen molar-refractivity contribution in [2.45, 2.75) is 13.0 Å². The molecule has 1 heterocycles. The molecule has 19 heavy (non-hydrogen) atoms. The van der Waals surface area contributed by atoms with Crippen LogP contribution in [0.5, 0.6) is 5.75 Å². The summed E-state index contributed by atoms with van der Waals surface area (Å²) in [4.78, 5) is 8.36. The molecule has 0 saturated heterocycles. The minimum absolute atomic E-state index is 0.134. The van der Waals surface area contributed by atoms with Gasteiger partial charge in [-0.15, -0.1) is 0 Å². The fraction of sp³-hybridized carbons (Fsp3) is 0.286. The van der Waals surface area contributed by atoms with Gasteiger partial charge in [0.1, 0.15) is 6.33 Å². The van der Waals surface area contributed by atoms with E-state index in [2.05, 4.69) is 39.7 Å². The van der Waals surface area contributed by atoms with Crippen LogP contribution < -0.4 is 15.4 Å². The van der Waals surface area contributed by atoms with Gasteiger partial charge in [-0.25, -0.2) is 9.97 Å². The lowest BCUT2D eigenvalue weighted by atomic mass is 10.1. The van der Waals surface area contributed by atoms with Gasteiger partial charge in [-0.05, 0) is 12.5 Å². The van der Waals surface area contributed by atoms with Gasteiger partial charge in [0.25, 0.3) is 0 Å². The largest absolute Gasteiger partial charge is 0.490 e. The van der Waals surface area contributed by atoms with E-state index in [9.17, 15) is 0 Å². The Morgan fingerprint density at radius 1 is 1.11 bits per heavy atom. The Morgan fingerprint density at radius 2 is 1.79 bits per heavy atom. The first-order valence-electron chi connectivity index (χ1n) is 6.14. The highest BCUT2D eigenvalue weighted by Gasteiger charge is 2.13. The third-order valence-corrected chi connectivity index (χ3v) is 2.90. The quantitative estimate of drug-likeness (QED) is 0.863. The fourth-order valence-electron chi connectivity index (χ4n) is 1.88. The van der Waals surface area contributed by atoms with Gasteiger partial charge in [-0.2, -0.15) is 0 Å². The molecule has 5 heteroatoms. The molecule has 0 amide bonds. The number of benzene rings is 1. The summed E-state index contributed by atoms with van der Waals surface area (Å²) in [5.41, 5.74) is 1.19. The van der Waals surface area contributed by atoms with E-state index in [0.717, 1.165) is 0 Å². The summed E-state index contributed by atoms with van der Waals surface area (Å²) in [6.07, 6.45) is 1.51. The van der Waals surface area contributed by atoms with Gasteiger partial charge in [-0.1, -0.05) is 30.3 Å². The summed E-state index contributed by atoms with van der Waals surface area (Å²) in [5.74, 6) is 1.96. The zero-order valence-corrected chi connectivity index (χ0v) is 11.3. The molecule has 1 atom stereocenters. The van der Waals surface area contributed by atoms with E-state index in [0.29, 0.717) is 17.4 Å².